The number of aryl methyl sites for hydroxylation is 2. The topological polar surface area (TPSA) is 81.4 Å². The van der Waals surface area contributed by atoms with Crippen molar-refractivity contribution in [1.29, 1.82) is 0 Å². The van der Waals surface area contributed by atoms with Crippen LogP contribution in [0.4, 0.5) is 13.2 Å². The van der Waals surface area contributed by atoms with E-state index in [1.807, 2.05) is 0 Å². The van der Waals surface area contributed by atoms with E-state index >= 15 is 0 Å². The molecule has 0 aliphatic rings. The molecule has 0 saturated carbocycles. The van der Waals surface area contributed by atoms with Gasteiger partial charge in [-0.1, -0.05) is 18.2 Å². The van der Waals surface area contributed by atoms with Crippen molar-refractivity contribution >= 4 is 17.0 Å². The molecule has 0 saturated heterocycles. The maximum Gasteiger partial charge on any atom is 0.573 e. The van der Waals surface area contributed by atoms with Crippen molar-refractivity contribution in [1.82, 2.24) is 9.55 Å². The Morgan fingerprint density at radius 2 is 1.89 bits per heavy atom. The standard InChI is InChI=1S/C19H15F3N2O4/c1-11-18(27)24(8-7-17(25)26)16-10-13(5-6-15(16)23-11)12-3-2-4-14(9-12)28-19(20,21)22/h2-6,9-10H,7-8H2,1H3,(H,25,26). The molecule has 1 heterocycles. The predicted octanol–water partition coefficient (Wildman–Crippen LogP) is 3.75. The second-order valence-electron chi connectivity index (χ2n) is 6.08. The van der Waals surface area contributed by atoms with E-state index in [1.54, 1.807) is 24.3 Å². The van der Waals surface area contributed by atoms with Crippen molar-refractivity contribution in [2.45, 2.75) is 26.3 Å². The van der Waals surface area contributed by atoms with Gasteiger partial charge in [-0.25, -0.2) is 4.98 Å². The van der Waals surface area contributed by atoms with E-state index in [2.05, 4.69) is 9.72 Å². The molecule has 0 fully saturated rings. The minimum atomic E-state index is -4.80. The summed E-state index contributed by atoms with van der Waals surface area (Å²) in [6.45, 7) is 1.49. The first kappa shape index (κ1) is 19.4. The van der Waals surface area contributed by atoms with Crippen LogP contribution in [0.5, 0.6) is 5.75 Å². The highest BCUT2D eigenvalue weighted by Crippen LogP contribution is 2.29. The van der Waals surface area contributed by atoms with Gasteiger partial charge in [0.1, 0.15) is 11.4 Å². The van der Waals surface area contributed by atoms with Crippen LogP contribution >= 0.6 is 0 Å². The number of aliphatic carboxylic acids is 1. The number of rotatable bonds is 5. The molecule has 0 aliphatic carbocycles. The highest BCUT2D eigenvalue weighted by atomic mass is 19.4. The van der Waals surface area contributed by atoms with Gasteiger partial charge in [-0.3, -0.25) is 9.59 Å². The number of alkyl halides is 3. The molecule has 146 valence electrons. The normalized spacial score (nSPS) is 11.6. The number of aromatic nitrogens is 2. The molecule has 2 aromatic carbocycles. The van der Waals surface area contributed by atoms with Crippen LogP contribution in [0.2, 0.25) is 0 Å². The van der Waals surface area contributed by atoms with Crippen LogP contribution in [0.15, 0.2) is 47.3 Å². The molecule has 1 aromatic heterocycles. The zero-order valence-corrected chi connectivity index (χ0v) is 14.7. The molecule has 3 aromatic rings. The van der Waals surface area contributed by atoms with E-state index < -0.39 is 17.9 Å². The Morgan fingerprint density at radius 1 is 1.18 bits per heavy atom. The Kier molecular flexibility index (Phi) is 5.08. The van der Waals surface area contributed by atoms with Crippen LogP contribution in [-0.2, 0) is 11.3 Å². The molecule has 0 unspecified atom stereocenters. The van der Waals surface area contributed by atoms with Crippen LogP contribution in [-0.4, -0.2) is 27.0 Å². The summed E-state index contributed by atoms with van der Waals surface area (Å²) in [5, 5.41) is 8.93. The average molecular weight is 392 g/mol. The smallest absolute Gasteiger partial charge is 0.481 e. The fourth-order valence-corrected chi connectivity index (χ4v) is 2.85. The van der Waals surface area contributed by atoms with Gasteiger partial charge in [-0.15, -0.1) is 13.2 Å². The molecular weight excluding hydrogens is 377 g/mol. The first-order chi connectivity index (χ1) is 13.1. The lowest BCUT2D eigenvalue weighted by atomic mass is 10.0. The van der Waals surface area contributed by atoms with E-state index in [-0.39, 0.29) is 24.4 Å². The number of hydrogen-bond acceptors (Lipinski definition) is 4. The summed E-state index contributed by atoms with van der Waals surface area (Å²) in [5.41, 5.74) is 1.67. The Morgan fingerprint density at radius 3 is 2.57 bits per heavy atom. The maximum absolute atomic E-state index is 12.5. The van der Waals surface area contributed by atoms with Gasteiger partial charge in [0.2, 0.25) is 0 Å². The summed E-state index contributed by atoms with van der Waals surface area (Å²) in [4.78, 5) is 27.5. The van der Waals surface area contributed by atoms with Crippen molar-refractivity contribution in [2.24, 2.45) is 0 Å². The third-order valence-electron chi connectivity index (χ3n) is 4.06. The molecule has 0 spiro atoms. The summed E-state index contributed by atoms with van der Waals surface area (Å²) in [6.07, 6.45) is -5.06. The van der Waals surface area contributed by atoms with Crippen molar-refractivity contribution < 1.29 is 27.8 Å². The third-order valence-corrected chi connectivity index (χ3v) is 4.06. The van der Waals surface area contributed by atoms with Crippen molar-refractivity contribution in [3.05, 3.63) is 58.5 Å². The van der Waals surface area contributed by atoms with Gasteiger partial charge in [0.15, 0.2) is 0 Å². The minimum Gasteiger partial charge on any atom is -0.481 e. The van der Waals surface area contributed by atoms with Crippen molar-refractivity contribution in [3.8, 4) is 16.9 Å². The average Bonchev–Trinajstić information content (AvgIpc) is 2.60. The highest BCUT2D eigenvalue weighted by Gasteiger charge is 2.31. The summed E-state index contributed by atoms with van der Waals surface area (Å²) in [7, 11) is 0. The number of halogens is 3. The van der Waals surface area contributed by atoms with Crippen LogP contribution in [0.3, 0.4) is 0 Å². The van der Waals surface area contributed by atoms with E-state index in [9.17, 15) is 22.8 Å². The fraction of sp³-hybridized carbons (Fsp3) is 0.211. The van der Waals surface area contributed by atoms with Gasteiger partial charge in [-0.2, -0.15) is 0 Å². The number of fused-ring (bicyclic) bond motifs is 1. The lowest BCUT2D eigenvalue weighted by Gasteiger charge is -2.13. The quantitative estimate of drug-likeness (QED) is 0.715. The Bertz CT molecular complexity index is 1110. The zero-order chi connectivity index (χ0) is 20.5. The monoisotopic (exact) mass is 392 g/mol. The number of carboxylic acid groups (broad SMARTS) is 1. The number of carbonyl (C=O) groups is 1. The molecule has 3 rings (SSSR count). The van der Waals surface area contributed by atoms with Gasteiger partial charge in [-0.05, 0) is 42.3 Å². The molecule has 0 amide bonds. The van der Waals surface area contributed by atoms with E-state index in [4.69, 9.17) is 5.11 Å². The molecule has 0 aliphatic heterocycles. The highest BCUT2D eigenvalue weighted by molar-refractivity contribution is 5.82. The first-order valence-electron chi connectivity index (χ1n) is 8.23. The van der Waals surface area contributed by atoms with Gasteiger partial charge >= 0.3 is 12.3 Å². The van der Waals surface area contributed by atoms with Crippen LogP contribution in [0, 0.1) is 6.92 Å². The van der Waals surface area contributed by atoms with Crippen molar-refractivity contribution in [3.63, 3.8) is 0 Å². The molecule has 9 heteroatoms. The number of benzene rings is 2. The predicted molar refractivity (Wildman–Crippen MR) is 95.1 cm³/mol. The van der Waals surface area contributed by atoms with Gasteiger partial charge in [0.05, 0.1) is 17.5 Å². The van der Waals surface area contributed by atoms with Gasteiger partial charge < -0.3 is 14.4 Å². The lowest BCUT2D eigenvalue weighted by molar-refractivity contribution is -0.274. The Hall–Kier alpha value is -3.36. The second-order valence-corrected chi connectivity index (χ2v) is 6.08. The molecule has 1 N–H and O–H groups in total. The van der Waals surface area contributed by atoms with Gasteiger partial charge in [0.25, 0.3) is 5.56 Å². The Labute approximate surface area is 156 Å². The molecule has 0 bridgehead atoms. The SMILES string of the molecule is Cc1nc2ccc(-c3cccc(OC(F)(F)F)c3)cc2n(CCC(=O)O)c1=O. The fourth-order valence-electron chi connectivity index (χ4n) is 2.85. The molecule has 28 heavy (non-hydrogen) atoms. The van der Waals surface area contributed by atoms with Crippen molar-refractivity contribution in [2.75, 3.05) is 0 Å². The van der Waals surface area contributed by atoms with Gasteiger partial charge in [0, 0.05) is 6.54 Å². The maximum atomic E-state index is 12.5. The van der Waals surface area contributed by atoms with Crippen LogP contribution in [0.25, 0.3) is 22.2 Å². The molecular formula is C19H15F3N2O4. The number of ether oxygens (including phenoxy) is 1. The zero-order valence-electron chi connectivity index (χ0n) is 14.7. The summed E-state index contributed by atoms with van der Waals surface area (Å²) < 4.78 is 42.6. The largest absolute Gasteiger partial charge is 0.573 e. The Balaban J connectivity index is 2.10. The molecule has 0 radical (unpaired) electrons. The summed E-state index contributed by atoms with van der Waals surface area (Å²) in [5.74, 6) is -1.42. The molecule has 0 atom stereocenters. The lowest BCUT2D eigenvalue weighted by Crippen LogP contribution is -2.25. The van der Waals surface area contributed by atoms with E-state index in [0.717, 1.165) is 0 Å². The first-order valence-corrected chi connectivity index (χ1v) is 8.23. The second kappa shape index (κ2) is 7.34. The summed E-state index contributed by atoms with van der Waals surface area (Å²) >= 11 is 0. The number of nitrogens with zero attached hydrogens (tertiary/aromatic N) is 2. The molecule has 6 nitrogen and oxygen atoms in total. The van der Waals surface area contributed by atoms with Crippen LogP contribution in [0.1, 0.15) is 12.1 Å². The third kappa shape index (κ3) is 4.30. The number of carboxylic acids is 1. The minimum absolute atomic E-state index is 0.0469. The van der Waals surface area contributed by atoms with E-state index in [1.165, 1.54) is 29.7 Å². The van der Waals surface area contributed by atoms with E-state index in [0.29, 0.717) is 22.2 Å². The van der Waals surface area contributed by atoms with Crippen LogP contribution < -0.4 is 10.3 Å². The summed E-state index contributed by atoms with van der Waals surface area (Å²) in [6, 6.07) is 10.3. The number of hydrogen-bond donors (Lipinski definition) is 1.